The first kappa shape index (κ1) is 45.2. The molecular formula is C36H46Cl2N12O7S2. The molecule has 2 aromatic carbocycles. The maximum absolute atomic E-state index is 13.3. The number of hydrogen-bond donors (Lipinski definition) is 8. The number of hydrogen-bond acceptors (Lipinski definition) is 11. The molecule has 0 atom stereocenters. The number of guanidine groups is 2. The number of fused-ring (bicyclic) bond motifs is 2. The van der Waals surface area contributed by atoms with Crippen LogP contribution in [0.25, 0.3) is 21.5 Å². The number of rotatable bonds is 13. The van der Waals surface area contributed by atoms with E-state index in [9.17, 15) is 31.5 Å². The minimum absolute atomic E-state index is 0.0338. The molecule has 12 N–H and O–H groups in total. The number of sulfonamides is 2. The molecule has 2 aliphatic rings. The Morgan fingerprint density at radius 2 is 1.14 bits per heavy atom. The van der Waals surface area contributed by atoms with Crippen LogP contribution in [0.4, 0.5) is 11.6 Å². The third-order valence-corrected chi connectivity index (χ3v) is 13.6. The number of aliphatic imine (C=N–C) groups is 2. The molecule has 19 nitrogen and oxygen atoms in total. The number of likely N-dealkylation sites (N-methyl/N-ethyl adjacent to an activating group) is 1. The zero-order valence-electron chi connectivity index (χ0n) is 32.2. The first-order chi connectivity index (χ1) is 27.7. The van der Waals surface area contributed by atoms with Crippen LogP contribution >= 0.6 is 23.2 Å². The molecule has 6 rings (SSSR count). The summed E-state index contributed by atoms with van der Waals surface area (Å²) in [6.07, 6.45) is 6.89. The van der Waals surface area contributed by atoms with Crippen molar-refractivity contribution in [2.75, 3.05) is 27.2 Å². The minimum atomic E-state index is -4.11. The normalized spacial score (nSPS) is 16.0. The number of amides is 1. The van der Waals surface area contributed by atoms with Gasteiger partial charge in [-0.3, -0.25) is 9.59 Å². The SMILES string of the molecule is CN(C)CCNC(=O)C1(NS(=O)(=O)c2ccc3c(Cl)cnc(N=C(N)N)c3c2)CCCC1.NC(N)=Nc1ncc(Cl)c2ccc(S(=O)(=O)NC3(C(=O)O)CCCC3)cc12. The Kier molecular flexibility index (Phi) is 13.9. The Hall–Kier alpha value is -4.90. The lowest BCUT2D eigenvalue weighted by Crippen LogP contribution is -2.57. The summed E-state index contributed by atoms with van der Waals surface area (Å²) in [5, 5.41) is 14.8. The molecule has 0 aliphatic heterocycles. The fourth-order valence-electron chi connectivity index (χ4n) is 6.99. The Balaban J connectivity index is 0.000000227. The van der Waals surface area contributed by atoms with Crippen LogP contribution < -0.4 is 37.7 Å². The summed E-state index contributed by atoms with van der Waals surface area (Å²) in [5.74, 6) is -1.69. The Bertz CT molecular complexity index is 2540. The lowest BCUT2D eigenvalue weighted by atomic mass is 9.98. The predicted molar refractivity (Wildman–Crippen MR) is 227 cm³/mol. The summed E-state index contributed by atoms with van der Waals surface area (Å²) in [4.78, 5) is 42.4. The van der Waals surface area contributed by atoms with E-state index >= 15 is 0 Å². The van der Waals surface area contributed by atoms with Crippen LogP contribution in [0.15, 0.2) is 68.6 Å². The molecular weight excluding hydrogens is 848 g/mol. The van der Waals surface area contributed by atoms with Crippen LogP contribution in [0, 0.1) is 0 Å². The summed E-state index contributed by atoms with van der Waals surface area (Å²) in [7, 11) is -4.35. The molecule has 318 valence electrons. The van der Waals surface area contributed by atoms with Crippen molar-refractivity contribution < 1.29 is 31.5 Å². The molecule has 2 aliphatic carbocycles. The second-order valence-corrected chi connectivity index (χ2v) is 18.7. The van der Waals surface area contributed by atoms with Crippen molar-refractivity contribution in [3.63, 3.8) is 0 Å². The van der Waals surface area contributed by atoms with Gasteiger partial charge in [0.25, 0.3) is 0 Å². The third kappa shape index (κ3) is 10.5. The van der Waals surface area contributed by atoms with E-state index < -0.39 is 37.1 Å². The molecule has 1 amide bonds. The smallest absolute Gasteiger partial charge is 0.324 e. The van der Waals surface area contributed by atoms with E-state index in [-0.39, 0.29) is 52.1 Å². The van der Waals surface area contributed by atoms with Gasteiger partial charge >= 0.3 is 5.97 Å². The summed E-state index contributed by atoms with van der Waals surface area (Å²) in [6, 6.07) is 8.58. The number of nitrogens with one attached hydrogen (secondary N) is 3. The molecule has 2 saturated carbocycles. The van der Waals surface area contributed by atoms with Gasteiger partial charge in [0.2, 0.25) is 26.0 Å². The molecule has 4 aromatic rings. The second kappa shape index (κ2) is 18.2. The van der Waals surface area contributed by atoms with Crippen LogP contribution in [0.3, 0.4) is 0 Å². The molecule has 2 fully saturated rings. The van der Waals surface area contributed by atoms with Crippen LogP contribution in [0.2, 0.25) is 10.0 Å². The molecule has 59 heavy (non-hydrogen) atoms. The molecule has 0 unspecified atom stereocenters. The summed E-state index contributed by atoms with van der Waals surface area (Å²) < 4.78 is 57.3. The summed E-state index contributed by atoms with van der Waals surface area (Å²) in [5.41, 5.74) is 19.1. The average Bonchev–Trinajstić information content (AvgIpc) is 3.84. The van der Waals surface area contributed by atoms with Gasteiger partial charge < -0.3 is 38.3 Å². The molecule has 0 bridgehead atoms. The van der Waals surface area contributed by atoms with Gasteiger partial charge in [0.15, 0.2) is 23.6 Å². The van der Waals surface area contributed by atoms with Gasteiger partial charge in [0.05, 0.1) is 19.8 Å². The van der Waals surface area contributed by atoms with Crippen LogP contribution in [-0.4, -0.2) is 98.9 Å². The highest BCUT2D eigenvalue weighted by Gasteiger charge is 2.46. The number of pyridine rings is 2. The van der Waals surface area contributed by atoms with E-state index in [2.05, 4.69) is 34.7 Å². The van der Waals surface area contributed by atoms with Crippen molar-refractivity contribution in [2.45, 2.75) is 72.2 Å². The van der Waals surface area contributed by atoms with Crippen molar-refractivity contribution in [1.82, 2.24) is 29.6 Å². The fraction of sp³-hybridized carbons (Fsp3) is 0.389. The van der Waals surface area contributed by atoms with E-state index in [1.165, 1.54) is 42.7 Å². The number of nitrogens with two attached hydrogens (primary N) is 4. The zero-order chi connectivity index (χ0) is 43.3. The fourth-order valence-corrected chi connectivity index (χ4v) is 10.3. The first-order valence-corrected chi connectivity index (χ1v) is 22.0. The number of carboxylic acids is 1. The maximum Gasteiger partial charge on any atom is 0.324 e. The van der Waals surface area contributed by atoms with Gasteiger partial charge in [-0.05, 0) is 64.0 Å². The zero-order valence-corrected chi connectivity index (χ0v) is 35.3. The van der Waals surface area contributed by atoms with Gasteiger partial charge in [-0.15, -0.1) is 0 Å². The quantitative estimate of drug-likeness (QED) is 0.0707. The molecule has 2 heterocycles. The highest BCUT2D eigenvalue weighted by atomic mass is 35.5. The van der Waals surface area contributed by atoms with Crippen LogP contribution in [0.5, 0.6) is 0 Å². The molecule has 0 saturated heterocycles. The molecule has 0 spiro atoms. The number of aliphatic carboxylic acids is 1. The molecule has 23 heteroatoms. The Labute approximate surface area is 351 Å². The van der Waals surface area contributed by atoms with E-state index in [0.29, 0.717) is 70.4 Å². The van der Waals surface area contributed by atoms with E-state index in [1.807, 2.05) is 19.0 Å². The topological polar surface area (TPSA) is 317 Å². The van der Waals surface area contributed by atoms with Gasteiger partial charge in [-0.2, -0.15) is 19.4 Å². The lowest BCUT2D eigenvalue weighted by molar-refractivity contribution is -0.143. The van der Waals surface area contributed by atoms with E-state index in [4.69, 9.17) is 46.1 Å². The standard InChI is InChI=1S/C20H28ClN7O3S.C16H18ClN5O4S/c1-28(2)10-9-24-18(29)20(7-3-4-8-20)27-32(30,31)13-5-6-14-15(11-13)17(26-19(22)23)25-12-16(14)21;17-12-8-20-13(21-15(18)19)11-7-9(3-4-10(11)12)27(25,26)22-16(14(23)24)5-1-2-6-16/h5-6,11-12,27H,3-4,7-10H2,1-2H3,(H,24,29)(H4,22,23,25,26);3-4,7-8,22H,1-2,5-6H2,(H,23,24)(H4,18,19,20,21). The lowest BCUT2D eigenvalue weighted by Gasteiger charge is -2.29. The minimum Gasteiger partial charge on any atom is -0.480 e. The number of benzene rings is 2. The van der Waals surface area contributed by atoms with Gasteiger partial charge in [0.1, 0.15) is 11.1 Å². The number of carboxylic acid groups (broad SMARTS) is 1. The third-order valence-electron chi connectivity index (χ3n) is 9.93. The van der Waals surface area contributed by atoms with Crippen molar-refractivity contribution in [2.24, 2.45) is 32.9 Å². The Morgan fingerprint density at radius 3 is 1.53 bits per heavy atom. The summed E-state index contributed by atoms with van der Waals surface area (Å²) >= 11 is 12.3. The van der Waals surface area contributed by atoms with Crippen molar-refractivity contribution in [1.29, 1.82) is 0 Å². The van der Waals surface area contributed by atoms with E-state index in [1.54, 1.807) is 6.07 Å². The van der Waals surface area contributed by atoms with E-state index in [0.717, 1.165) is 12.8 Å². The van der Waals surface area contributed by atoms with Crippen molar-refractivity contribution in [3.05, 3.63) is 58.8 Å². The summed E-state index contributed by atoms with van der Waals surface area (Å²) in [6.45, 7) is 1.08. The van der Waals surface area contributed by atoms with Crippen LogP contribution in [0.1, 0.15) is 51.4 Å². The van der Waals surface area contributed by atoms with Gasteiger partial charge in [-0.25, -0.2) is 26.8 Å². The van der Waals surface area contributed by atoms with Crippen molar-refractivity contribution >= 4 is 100 Å². The largest absolute Gasteiger partial charge is 0.480 e. The van der Waals surface area contributed by atoms with Crippen LogP contribution in [-0.2, 0) is 29.6 Å². The monoisotopic (exact) mass is 892 g/mol. The average molecular weight is 894 g/mol. The highest BCUT2D eigenvalue weighted by molar-refractivity contribution is 7.89. The molecule has 0 radical (unpaired) electrons. The number of nitrogens with zero attached hydrogens (tertiary/aromatic N) is 5. The number of halogens is 2. The first-order valence-electron chi connectivity index (χ1n) is 18.3. The van der Waals surface area contributed by atoms with Gasteiger partial charge in [-0.1, -0.05) is 61.0 Å². The number of carbonyl (C=O) groups excluding carboxylic acids is 1. The Morgan fingerprint density at radius 1 is 0.729 bits per heavy atom. The predicted octanol–water partition coefficient (Wildman–Crippen LogP) is 2.53. The van der Waals surface area contributed by atoms with Crippen molar-refractivity contribution in [3.8, 4) is 0 Å². The highest BCUT2D eigenvalue weighted by Crippen LogP contribution is 2.36. The maximum atomic E-state index is 13.3. The number of carbonyl (C=O) groups is 2. The molecule has 2 aromatic heterocycles. The van der Waals surface area contributed by atoms with Gasteiger partial charge in [0, 0.05) is 47.0 Å². The number of aromatic nitrogens is 2. The second-order valence-electron chi connectivity index (χ2n) is 14.5.